The van der Waals surface area contributed by atoms with Crippen molar-refractivity contribution in [2.24, 2.45) is 0 Å². The molecule has 2 aromatic carbocycles. The molecule has 0 aromatic heterocycles. The lowest BCUT2D eigenvalue weighted by Crippen LogP contribution is -2.01. The molecule has 0 atom stereocenters. The zero-order valence-corrected chi connectivity index (χ0v) is 9.45. The van der Waals surface area contributed by atoms with Crippen LogP contribution in [0.2, 0.25) is 0 Å². The van der Waals surface area contributed by atoms with Crippen LogP contribution in [0.15, 0.2) is 53.4 Å². The van der Waals surface area contributed by atoms with Gasteiger partial charge in [0.05, 0.1) is 0 Å². The number of hydrogen-bond acceptors (Lipinski definition) is 3. The third kappa shape index (κ3) is 2.09. The molecule has 0 aliphatic heterocycles. The van der Waals surface area contributed by atoms with Crippen molar-refractivity contribution in [3.8, 4) is 0 Å². The van der Waals surface area contributed by atoms with Gasteiger partial charge in [-0.05, 0) is 18.2 Å². The molecule has 3 heteroatoms. The van der Waals surface area contributed by atoms with E-state index in [1.165, 1.54) is 0 Å². The Morgan fingerprint density at radius 2 is 1.69 bits per heavy atom. The van der Waals surface area contributed by atoms with E-state index in [0.717, 1.165) is 0 Å². The third-order valence-corrected chi connectivity index (χ3v) is 2.72. The van der Waals surface area contributed by atoms with E-state index in [1.54, 1.807) is 30.3 Å². The largest absolute Gasteiger partial charge is 0.398 e. The molecule has 0 unspecified atom stereocenters. The Hall–Kier alpha value is -1.74. The second-order valence-electron chi connectivity index (χ2n) is 3.47. The summed E-state index contributed by atoms with van der Waals surface area (Å²) >= 11 is 4.20. The molecule has 0 amide bonds. The Balaban J connectivity index is 2.39. The van der Waals surface area contributed by atoms with Crippen molar-refractivity contribution in [1.82, 2.24) is 0 Å². The van der Waals surface area contributed by atoms with Crippen LogP contribution < -0.4 is 5.73 Å². The average Bonchev–Trinajstić information content (AvgIpc) is 2.33. The summed E-state index contributed by atoms with van der Waals surface area (Å²) in [5, 5.41) is 0. The van der Waals surface area contributed by atoms with Crippen LogP contribution in [0.5, 0.6) is 0 Å². The number of thiol groups is 1. The Morgan fingerprint density at radius 3 is 2.31 bits per heavy atom. The molecule has 0 spiro atoms. The number of ketones is 1. The molecule has 0 radical (unpaired) electrons. The number of nitrogen functional groups attached to an aromatic ring is 1. The van der Waals surface area contributed by atoms with Crippen molar-refractivity contribution < 1.29 is 4.79 Å². The standard InChI is InChI=1S/C13H11NOS/c14-11-7-6-10(8-12(11)16)13(15)9-4-2-1-3-5-9/h1-8,16H,14H2. The summed E-state index contributed by atoms with van der Waals surface area (Å²) in [6, 6.07) is 14.2. The number of hydrogen-bond donors (Lipinski definition) is 2. The van der Waals surface area contributed by atoms with Crippen LogP contribution in [-0.4, -0.2) is 5.78 Å². The summed E-state index contributed by atoms with van der Waals surface area (Å²) < 4.78 is 0. The Labute approximate surface area is 99.5 Å². The number of carbonyl (C=O) groups excluding carboxylic acids is 1. The summed E-state index contributed by atoms with van der Waals surface area (Å²) in [7, 11) is 0. The van der Waals surface area contributed by atoms with Gasteiger partial charge in [0.25, 0.3) is 0 Å². The van der Waals surface area contributed by atoms with Gasteiger partial charge in [0.2, 0.25) is 0 Å². The molecular formula is C13H11NOS. The lowest BCUT2D eigenvalue weighted by atomic mass is 10.0. The maximum absolute atomic E-state index is 12.0. The van der Waals surface area contributed by atoms with Gasteiger partial charge in [0.15, 0.2) is 5.78 Å². The molecule has 0 bridgehead atoms. The van der Waals surface area contributed by atoms with Crippen molar-refractivity contribution >= 4 is 24.1 Å². The van der Waals surface area contributed by atoms with Gasteiger partial charge >= 0.3 is 0 Å². The Morgan fingerprint density at radius 1 is 1.00 bits per heavy atom. The Kier molecular flexibility index (Phi) is 2.97. The summed E-state index contributed by atoms with van der Waals surface area (Å²) in [6.45, 7) is 0. The fraction of sp³-hybridized carbons (Fsp3) is 0. The van der Waals surface area contributed by atoms with Gasteiger partial charge in [-0.25, -0.2) is 0 Å². The van der Waals surface area contributed by atoms with E-state index in [0.29, 0.717) is 21.7 Å². The van der Waals surface area contributed by atoms with Crippen molar-refractivity contribution in [2.75, 3.05) is 5.73 Å². The van der Waals surface area contributed by atoms with E-state index in [9.17, 15) is 4.79 Å². The zero-order valence-electron chi connectivity index (χ0n) is 8.55. The minimum atomic E-state index is -0.0177. The minimum absolute atomic E-state index is 0.0177. The van der Waals surface area contributed by atoms with E-state index >= 15 is 0 Å². The minimum Gasteiger partial charge on any atom is -0.398 e. The van der Waals surface area contributed by atoms with Crippen molar-refractivity contribution in [1.29, 1.82) is 0 Å². The summed E-state index contributed by atoms with van der Waals surface area (Å²) in [6.07, 6.45) is 0. The fourth-order valence-corrected chi connectivity index (χ4v) is 1.65. The molecule has 0 aliphatic carbocycles. The molecule has 0 fully saturated rings. The van der Waals surface area contributed by atoms with Gasteiger partial charge in [0.1, 0.15) is 0 Å². The lowest BCUT2D eigenvalue weighted by molar-refractivity contribution is 0.103. The highest BCUT2D eigenvalue weighted by Gasteiger charge is 2.09. The van der Waals surface area contributed by atoms with Crippen LogP contribution in [0.25, 0.3) is 0 Å². The number of anilines is 1. The monoisotopic (exact) mass is 229 g/mol. The lowest BCUT2D eigenvalue weighted by Gasteiger charge is -2.03. The topological polar surface area (TPSA) is 43.1 Å². The first-order valence-corrected chi connectivity index (χ1v) is 5.31. The van der Waals surface area contributed by atoms with Gasteiger partial charge in [-0.1, -0.05) is 30.3 Å². The van der Waals surface area contributed by atoms with E-state index in [4.69, 9.17) is 5.73 Å². The third-order valence-electron chi connectivity index (χ3n) is 2.33. The number of nitrogens with two attached hydrogens (primary N) is 1. The van der Waals surface area contributed by atoms with Crippen molar-refractivity contribution in [3.63, 3.8) is 0 Å². The van der Waals surface area contributed by atoms with Gasteiger partial charge in [-0.3, -0.25) is 4.79 Å². The van der Waals surface area contributed by atoms with E-state index in [1.807, 2.05) is 18.2 Å². The van der Waals surface area contributed by atoms with Gasteiger partial charge in [-0.2, -0.15) is 0 Å². The van der Waals surface area contributed by atoms with Crippen LogP contribution in [0.4, 0.5) is 5.69 Å². The second kappa shape index (κ2) is 4.41. The maximum Gasteiger partial charge on any atom is 0.193 e. The van der Waals surface area contributed by atoms with E-state index < -0.39 is 0 Å². The summed E-state index contributed by atoms with van der Waals surface area (Å²) in [5.41, 5.74) is 7.49. The zero-order chi connectivity index (χ0) is 11.5. The first kappa shape index (κ1) is 10.8. The van der Waals surface area contributed by atoms with E-state index in [-0.39, 0.29) is 5.78 Å². The second-order valence-corrected chi connectivity index (χ2v) is 3.95. The van der Waals surface area contributed by atoms with Crippen molar-refractivity contribution in [2.45, 2.75) is 4.90 Å². The number of rotatable bonds is 2. The van der Waals surface area contributed by atoms with Gasteiger partial charge in [0, 0.05) is 21.7 Å². The molecule has 2 rings (SSSR count). The highest BCUT2D eigenvalue weighted by Crippen LogP contribution is 2.19. The molecule has 0 heterocycles. The van der Waals surface area contributed by atoms with Crippen molar-refractivity contribution in [3.05, 3.63) is 59.7 Å². The first-order valence-electron chi connectivity index (χ1n) is 4.87. The van der Waals surface area contributed by atoms with Crippen LogP contribution in [-0.2, 0) is 0 Å². The molecule has 2 N–H and O–H groups in total. The quantitative estimate of drug-likeness (QED) is 0.472. The summed E-state index contributed by atoms with van der Waals surface area (Å²) in [5.74, 6) is -0.0177. The highest BCUT2D eigenvalue weighted by molar-refractivity contribution is 7.80. The number of benzene rings is 2. The average molecular weight is 229 g/mol. The van der Waals surface area contributed by atoms with Gasteiger partial charge < -0.3 is 5.73 Å². The molecule has 2 nitrogen and oxygen atoms in total. The Bertz CT molecular complexity index is 523. The fourth-order valence-electron chi connectivity index (χ4n) is 1.44. The molecule has 0 saturated heterocycles. The SMILES string of the molecule is Nc1ccc(C(=O)c2ccccc2)cc1S. The first-order chi connectivity index (χ1) is 7.68. The van der Waals surface area contributed by atoms with Crippen LogP contribution in [0, 0.1) is 0 Å². The molecule has 80 valence electrons. The molecule has 2 aromatic rings. The van der Waals surface area contributed by atoms with Crippen LogP contribution in [0.1, 0.15) is 15.9 Å². The molecule has 0 aliphatic rings. The molecule has 16 heavy (non-hydrogen) atoms. The van der Waals surface area contributed by atoms with Crippen LogP contribution >= 0.6 is 12.6 Å². The smallest absolute Gasteiger partial charge is 0.193 e. The predicted octanol–water partition coefficient (Wildman–Crippen LogP) is 2.79. The molecule has 0 saturated carbocycles. The predicted molar refractivity (Wildman–Crippen MR) is 68.0 cm³/mol. The normalized spacial score (nSPS) is 10.1. The summed E-state index contributed by atoms with van der Waals surface area (Å²) in [4.78, 5) is 12.7. The van der Waals surface area contributed by atoms with E-state index in [2.05, 4.69) is 12.6 Å². The maximum atomic E-state index is 12.0. The van der Waals surface area contributed by atoms with Gasteiger partial charge in [-0.15, -0.1) is 12.6 Å². The van der Waals surface area contributed by atoms with Crippen LogP contribution in [0.3, 0.4) is 0 Å². The number of carbonyl (C=O) groups is 1. The highest BCUT2D eigenvalue weighted by atomic mass is 32.1. The molecular weight excluding hydrogens is 218 g/mol.